The second kappa shape index (κ2) is 14.8. The summed E-state index contributed by atoms with van der Waals surface area (Å²) in [7, 11) is 3.73. The van der Waals surface area contributed by atoms with Gasteiger partial charge in [0.1, 0.15) is 24.3 Å². The van der Waals surface area contributed by atoms with Crippen molar-refractivity contribution in [2.24, 2.45) is 18.9 Å². The first-order valence-corrected chi connectivity index (χ1v) is 16.1. The van der Waals surface area contributed by atoms with Crippen LogP contribution in [0.3, 0.4) is 0 Å². The summed E-state index contributed by atoms with van der Waals surface area (Å²) < 4.78 is 13.6. The lowest BCUT2D eigenvalue weighted by Crippen LogP contribution is -2.44. The lowest BCUT2D eigenvalue weighted by molar-refractivity contribution is -0.203. The van der Waals surface area contributed by atoms with Crippen molar-refractivity contribution in [3.8, 4) is 0 Å². The van der Waals surface area contributed by atoms with Gasteiger partial charge in [-0.05, 0) is 42.9 Å². The van der Waals surface area contributed by atoms with Crippen molar-refractivity contribution in [2.75, 3.05) is 7.05 Å². The second-order valence-electron chi connectivity index (χ2n) is 12.5. The fourth-order valence-corrected chi connectivity index (χ4v) is 6.22. The van der Waals surface area contributed by atoms with Crippen molar-refractivity contribution >= 4 is 28.7 Å². The Morgan fingerprint density at radius 3 is 2.46 bits per heavy atom. The number of amides is 1. The highest BCUT2D eigenvalue weighted by Crippen LogP contribution is 2.29. The van der Waals surface area contributed by atoms with Gasteiger partial charge in [0.15, 0.2) is 5.69 Å². The maximum atomic E-state index is 13.9. The molecule has 0 spiro atoms. The molecule has 0 saturated heterocycles. The quantitative estimate of drug-likeness (QED) is 0.112. The number of ether oxygens (including phenoxy) is 1. The first-order valence-electron chi connectivity index (χ1n) is 16.1. The Labute approximate surface area is 270 Å². The number of para-hydroxylation sites is 1. The van der Waals surface area contributed by atoms with E-state index in [4.69, 9.17) is 14.0 Å². The van der Waals surface area contributed by atoms with Crippen LogP contribution in [0.25, 0.3) is 10.9 Å². The van der Waals surface area contributed by atoms with E-state index in [1.165, 1.54) is 6.42 Å². The summed E-state index contributed by atoms with van der Waals surface area (Å²) in [6, 6.07) is 16.7. The molecular weight excluding hydrogens is 584 g/mol. The number of esters is 1. The predicted molar refractivity (Wildman–Crippen MR) is 173 cm³/mol. The van der Waals surface area contributed by atoms with E-state index in [2.05, 4.69) is 10.3 Å². The summed E-state index contributed by atoms with van der Waals surface area (Å²) >= 11 is 0. The number of hydrogen-bond acceptors (Lipinski definition) is 8. The smallest absolute Gasteiger partial charge is 0.360 e. The van der Waals surface area contributed by atoms with Gasteiger partial charge in [-0.1, -0.05) is 81.6 Å². The minimum atomic E-state index is -1.06. The average molecular weight is 629 g/mol. The Bertz CT molecular complexity index is 1650. The number of aryl methyl sites for hydroxylation is 2. The van der Waals surface area contributed by atoms with Crippen molar-refractivity contribution in [1.29, 1.82) is 0 Å². The van der Waals surface area contributed by atoms with Gasteiger partial charge in [0.2, 0.25) is 11.8 Å². The van der Waals surface area contributed by atoms with Crippen molar-refractivity contribution in [1.82, 2.24) is 19.9 Å². The van der Waals surface area contributed by atoms with E-state index in [1.54, 1.807) is 19.0 Å². The van der Waals surface area contributed by atoms with E-state index in [1.807, 2.05) is 86.3 Å². The third-order valence-corrected chi connectivity index (χ3v) is 8.76. The molecule has 2 atom stereocenters. The summed E-state index contributed by atoms with van der Waals surface area (Å²) in [6.45, 7) is 5.37. The molecular formula is C36H44N4O6. The summed E-state index contributed by atoms with van der Waals surface area (Å²) in [5, 5.41) is 5.66. The summed E-state index contributed by atoms with van der Waals surface area (Å²) in [5.74, 6) is -2.68. The molecule has 1 aliphatic rings. The molecule has 1 amide bonds. The predicted octanol–water partition coefficient (Wildman–Crippen LogP) is 6.23. The summed E-state index contributed by atoms with van der Waals surface area (Å²) in [6.07, 6.45) is 7.58. The van der Waals surface area contributed by atoms with Crippen LogP contribution in [0, 0.1) is 18.8 Å². The molecule has 2 aromatic carbocycles. The lowest BCUT2D eigenvalue weighted by Gasteiger charge is -2.31. The number of hydroxylamine groups is 2. The number of nitrogens with one attached hydrogen (secondary N) is 1. The van der Waals surface area contributed by atoms with Gasteiger partial charge in [0, 0.05) is 43.7 Å². The van der Waals surface area contributed by atoms with Gasteiger partial charge in [-0.2, -0.15) is 0 Å². The zero-order valence-electron chi connectivity index (χ0n) is 27.3. The number of hydrogen-bond donors (Lipinski definition) is 1. The average Bonchev–Trinajstić information content (AvgIpc) is 3.59. The van der Waals surface area contributed by atoms with Crippen LogP contribution in [0.1, 0.15) is 85.3 Å². The van der Waals surface area contributed by atoms with Gasteiger partial charge in [-0.3, -0.25) is 4.79 Å². The van der Waals surface area contributed by atoms with Crippen molar-refractivity contribution < 1.29 is 28.4 Å². The molecule has 0 unspecified atom stereocenters. The number of aromatic nitrogens is 2. The van der Waals surface area contributed by atoms with Gasteiger partial charge >= 0.3 is 11.9 Å². The maximum absolute atomic E-state index is 13.9. The van der Waals surface area contributed by atoms with Crippen LogP contribution in [-0.4, -0.2) is 45.5 Å². The van der Waals surface area contributed by atoms with Crippen LogP contribution in [0.2, 0.25) is 0 Å². The van der Waals surface area contributed by atoms with Crippen LogP contribution in [0.4, 0.5) is 0 Å². The lowest BCUT2D eigenvalue weighted by atomic mass is 9.94. The van der Waals surface area contributed by atoms with Gasteiger partial charge in [0.05, 0.1) is 0 Å². The third-order valence-electron chi connectivity index (χ3n) is 8.76. The van der Waals surface area contributed by atoms with Crippen LogP contribution >= 0.6 is 0 Å². The molecule has 5 rings (SSSR count). The topological polar surface area (TPSA) is 116 Å². The molecule has 0 radical (unpaired) electrons. The first-order chi connectivity index (χ1) is 22.1. The van der Waals surface area contributed by atoms with E-state index < -0.39 is 29.8 Å². The molecule has 4 aromatic rings. The Kier molecular flexibility index (Phi) is 10.6. The highest BCUT2D eigenvalue weighted by atomic mass is 16.7. The molecule has 244 valence electrons. The highest BCUT2D eigenvalue weighted by molar-refractivity contribution is 5.98. The Hall–Kier alpha value is -4.44. The standard InChI is InChI=1S/C36H44N4O6/c1-23(2)31(35(42)46-40(5)27-16-10-7-11-17-27)33(41)37-29(20-26-21-39(4)30-19-13-12-18-28(26)30)34-38-32(24(3)45-34)36(43)44-22-25-14-8-6-9-15-25/h6,8-9,12-15,18-19,21,23,27,29,31H,7,10-11,16-17,20,22H2,1-5H3,(H,37,41)/t29-,31+/m1/s1. The Morgan fingerprint density at radius 2 is 1.74 bits per heavy atom. The second-order valence-corrected chi connectivity index (χ2v) is 12.5. The number of rotatable bonds is 12. The zero-order chi connectivity index (χ0) is 32.8. The van der Waals surface area contributed by atoms with Gasteiger partial charge in [-0.25, -0.2) is 14.6 Å². The number of benzene rings is 2. The fraction of sp³-hybridized carbons (Fsp3) is 0.444. The zero-order valence-corrected chi connectivity index (χ0v) is 27.3. The van der Waals surface area contributed by atoms with E-state index in [0.717, 1.165) is 47.7 Å². The number of fused-ring (bicyclic) bond motifs is 1. The molecule has 1 N–H and O–H groups in total. The summed E-state index contributed by atoms with van der Waals surface area (Å²) in [5.41, 5.74) is 2.87. The maximum Gasteiger partial charge on any atom is 0.360 e. The molecule has 0 bridgehead atoms. The molecule has 1 saturated carbocycles. The Balaban J connectivity index is 1.39. The van der Waals surface area contributed by atoms with E-state index in [9.17, 15) is 14.4 Å². The van der Waals surface area contributed by atoms with Crippen LogP contribution < -0.4 is 5.32 Å². The molecule has 1 aliphatic carbocycles. The van der Waals surface area contributed by atoms with Crippen LogP contribution in [-0.2, 0) is 39.2 Å². The van der Waals surface area contributed by atoms with Gasteiger partial charge in [0.25, 0.3) is 0 Å². The number of oxazole rings is 1. The largest absolute Gasteiger partial charge is 0.456 e. The molecule has 46 heavy (non-hydrogen) atoms. The van der Waals surface area contributed by atoms with Crippen molar-refractivity contribution in [3.05, 3.63) is 89.3 Å². The highest BCUT2D eigenvalue weighted by Gasteiger charge is 2.36. The van der Waals surface area contributed by atoms with Crippen LogP contribution in [0.5, 0.6) is 0 Å². The van der Waals surface area contributed by atoms with Crippen molar-refractivity contribution in [3.63, 3.8) is 0 Å². The Morgan fingerprint density at radius 1 is 1.04 bits per heavy atom. The van der Waals surface area contributed by atoms with Crippen LogP contribution in [0.15, 0.2) is 65.2 Å². The number of carbonyl (C=O) groups is 3. The third kappa shape index (κ3) is 7.67. The summed E-state index contributed by atoms with van der Waals surface area (Å²) in [4.78, 5) is 50.7. The fourth-order valence-electron chi connectivity index (χ4n) is 6.22. The minimum Gasteiger partial charge on any atom is -0.456 e. The van der Waals surface area contributed by atoms with E-state index >= 15 is 0 Å². The number of nitrogens with zero attached hydrogens (tertiary/aromatic N) is 3. The van der Waals surface area contributed by atoms with Crippen molar-refractivity contribution in [2.45, 2.75) is 78.0 Å². The minimum absolute atomic E-state index is 0.0389. The number of carbonyl (C=O) groups excluding carboxylic acids is 3. The van der Waals surface area contributed by atoms with E-state index in [0.29, 0.717) is 6.42 Å². The molecule has 2 aromatic heterocycles. The monoisotopic (exact) mass is 628 g/mol. The van der Waals surface area contributed by atoms with E-state index in [-0.39, 0.29) is 35.9 Å². The first kappa shape index (κ1) is 32.9. The molecule has 10 heteroatoms. The normalized spacial score (nSPS) is 15.2. The molecule has 1 fully saturated rings. The van der Waals surface area contributed by atoms with Gasteiger partial charge in [-0.15, -0.1) is 5.06 Å². The molecule has 0 aliphatic heterocycles. The molecule has 2 heterocycles. The SMILES string of the molecule is Cc1oc([C@@H](Cc2cn(C)c3ccccc23)NC(=O)[C@@H](C(=O)ON(C)C2CCCCC2)C(C)C)nc1C(=O)OCc1ccccc1. The van der Waals surface area contributed by atoms with Gasteiger partial charge < -0.3 is 23.9 Å². The molecule has 10 nitrogen and oxygen atoms in total.